The van der Waals surface area contributed by atoms with Gasteiger partial charge in [0.2, 0.25) is 15.9 Å². The van der Waals surface area contributed by atoms with E-state index in [9.17, 15) is 21.6 Å². The Bertz CT molecular complexity index is 1680. The van der Waals surface area contributed by atoms with E-state index in [1.807, 2.05) is 16.7 Å². The molecule has 1 amide bonds. The highest BCUT2D eigenvalue weighted by molar-refractivity contribution is 7.90. The average Bonchev–Trinajstić information content (AvgIpc) is 3.67. The summed E-state index contributed by atoms with van der Waals surface area (Å²) in [5.41, 5.74) is 2.24. The van der Waals surface area contributed by atoms with Crippen molar-refractivity contribution < 1.29 is 21.6 Å². The minimum Gasteiger partial charge on any atom is -0.326 e. The van der Waals surface area contributed by atoms with Gasteiger partial charge in [-0.25, -0.2) is 26.1 Å². The van der Waals surface area contributed by atoms with Gasteiger partial charge in [0.1, 0.15) is 15.7 Å². The number of fused-ring (bicyclic) bond motifs is 3. The molecule has 2 fully saturated rings. The second-order valence-electron chi connectivity index (χ2n) is 10.8. The van der Waals surface area contributed by atoms with E-state index in [4.69, 9.17) is 16.6 Å². The number of benzene rings is 1. The summed E-state index contributed by atoms with van der Waals surface area (Å²) < 4.78 is 52.7. The third-order valence-corrected chi connectivity index (χ3v) is 11.8. The van der Waals surface area contributed by atoms with Gasteiger partial charge in [0.25, 0.3) is 0 Å². The molecule has 208 valence electrons. The van der Waals surface area contributed by atoms with E-state index in [0.717, 1.165) is 11.1 Å². The number of imidazole rings is 1. The topological polar surface area (TPSA) is 123 Å². The van der Waals surface area contributed by atoms with Crippen LogP contribution < -0.4 is 4.90 Å². The van der Waals surface area contributed by atoms with E-state index in [2.05, 4.69) is 4.98 Å². The Kier molecular flexibility index (Phi) is 6.52. The minimum absolute atomic E-state index is 0.0402. The molecular formula is C26H30ClN5O5S2. The molecule has 10 nitrogen and oxygen atoms in total. The van der Waals surface area contributed by atoms with Crippen molar-refractivity contribution in [2.75, 3.05) is 30.0 Å². The number of hydrogen-bond acceptors (Lipinski definition) is 7. The first-order valence-corrected chi connectivity index (χ1v) is 17.0. The monoisotopic (exact) mass is 591 g/mol. The molecule has 1 saturated carbocycles. The van der Waals surface area contributed by atoms with E-state index in [1.54, 1.807) is 33.7 Å². The normalized spacial score (nSPS) is 19.7. The second kappa shape index (κ2) is 9.53. The lowest BCUT2D eigenvalue weighted by molar-refractivity contribution is -0.124. The molecule has 13 heteroatoms. The first kappa shape index (κ1) is 26.7. The summed E-state index contributed by atoms with van der Waals surface area (Å²) in [5.74, 6) is 0.579. The number of aromatic nitrogens is 3. The fourth-order valence-corrected chi connectivity index (χ4v) is 8.64. The SMILES string of the molecule is CS(=O)(=O)CCCn1c(CN2C(=O)C3(CCN(S(=O)(=O)C4CC4)CC3)c3ccncc32)nc2cc(Cl)ccc21. The Labute approximate surface area is 232 Å². The maximum atomic E-state index is 14.2. The zero-order chi connectivity index (χ0) is 27.6. The van der Waals surface area contributed by atoms with Crippen LogP contribution in [0.25, 0.3) is 11.0 Å². The molecule has 0 atom stereocenters. The van der Waals surface area contributed by atoms with Gasteiger partial charge < -0.3 is 9.47 Å². The molecule has 0 unspecified atom stereocenters. The van der Waals surface area contributed by atoms with Crippen molar-refractivity contribution in [1.29, 1.82) is 0 Å². The first-order chi connectivity index (χ1) is 18.5. The van der Waals surface area contributed by atoms with Gasteiger partial charge in [-0.15, -0.1) is 0 Å². The Morgan fingerprint density at radius 2 is 1.85 bits per heavy atom. The van der Waals surface area contributed by atoms with Crippen molar-refractivity contribution in [2.24, 2.45) is 0 Å². The second-order valence-corrected chi connectivity index (χ2v) is 15.7. The van der Waals surface area contributed by atoms with E-state index >= 15 is 0 Å². The highest BCUT2D eigenvalue weighted by Gasteiger charge is 2.54. The molecule has 0 N–H and O–H groups in total. The van der Waals surface area contributed by atoms with Crippen LogP contribution in [0.1, 0.15) is 43.5 Å². The quantitative estimate of drug-likeness (QED) is 0.395. The third-order valence-electron chi connectivity index (χ3n) is 8.13. The highest BCUT2D eigenvalue weighted by atomic mass is 35.5. The number of halogens is 1. The number of carbonyl (C=O) groups excluding carboxylic acids is 1. The van der Waals surface area contributed by atoms with Crippen molar-refractivity contribution in [3.63, 3.8) is 0 Å². The van der Waals surface area contributed by atoms with Gasteiger partial charge in [-0.2, -0.15) is 0 Å². The lowest BCUT2D eigenvalue weighted by atomic mass is 9.74. The van der Waals surface area contributed by atoms with Crippen LogP contribution in [0.15, 0.2) is 36.7 Å². The van der Waals surface area contributed by atoms with E-state index in [-0.39, 0.29) is 23.5 Å². The third kappa shape index (κ3) is 4.75. The van der Waals surface area contributed by atoms with Crippen molar-refractivity contribution >= 4 is 54.1 Å². The van der Waals surface area contributed by atoms with Crippen molar-refractivity contribution in [1.82, 2.24) is 18.8 Å². The number of pyridine rings is 1. The highest BCUT2D eigenvalue weighted by Crippen LogP contribution is 2.49. The first-order valence-electron chi connectivity index (χ1n) is 13.1. The zero-order valence-electron chi connectivity index (χ0n) is 21.6. The molecule has 4 heterocycles. The summed E-state index contributed by atoms with van der Waals surface area (Å²) in [6.45, 7) is 1.21. The lowest BCUT2D eigenvalue weighted by Crippen LogP contribution is -2.50. The molecule has 2 aromatic heterocycles. The molecule has 1 saturated heterocycles. The Balaban J connectivity index is 1.32. The molecule has 1 spiro atoms. The van der Waals surface area contributed by atoms with Gasteiger partial charge in [0, 0.05) is 37.1 Å². The fourth-order valence-electron chi connectivity index (χ4n) is 5.98. The van der Waals surface area contributed by atoms with Crippen LogP contribution in [0.5, 0.6) is 0 Å². The number of nitrogens with zero attached hydrogens (tertiary/aromatic N) is 5. The van der Waals surface area contributed by atoms with Crippen LogP contribution in [0, 0.1) is 0 Å². The van der Waals surface area contributed by atoms with E-state index in [0.29, 0.717) is 73.8 Å². The van der Waals surface area contributed by atoms with Crippen LogP contribution in [0.2, 0.25) is 5.02 Å². The van der Waals surface area contributed by atoms with E-state index < -0.39 is 25.3 Å². The number of sulfonamides is 1. The zero-order valence-corrected chi connectivity index (χ0v) is 24.0. The molecule has 3 aromatic rings. The summed E-state index contributed by atoms with van der Waals surface area (Å²) in [6.07, 6.45) is 7.21. The molecule has 6 rings (SSSR count). The van der Waals surface area contributed by atoms with Gasteiger partial charge in [0.05, 0.1) is 45.9 Å². The molecule has 3 aliphatic rings. The molecule has 2 aliphatic heterocycles. The van der Waals surface area contributed by atoms with Crippen LogP contribution in [-0.4, -0.2) is 71.9 Å². The van der Waals surface area contributed by atoms with Crippen molar-refractivity contribution in [2.45, 2.75) is 55.9 Å². The summed E-state index contributed by atoms with van der Waals surface area (Å²) in [5, 5.41) is 0.261. The molecule has 39 heavy (non-hydrogen) atoms. The summed E-state index contributed by atoms with van der Waals surface area (Å²) >= 11 is 6.22. The predicted octanol–water partition coefficient (Wildman–Crippen LogP) is 2.89. The van der Waals surface area contributed by atoms with Gasteiger partial charge >= 0.3 is 0 Å². The Morgan fingerprint density at radius 1 is 1.10 bits per heavy atom. The van der Waals surface area contributed by atoms with Crippen LogP contribution in [-0.2, 0) is 43.2 Å². The molecule has 0 bridgehead atoms. The number of anilines is 1. The molecule has 1 aromatic carbocycles. The van der Waals surface area contributed by atoms with Gasteiger partial charge in [-0.3, -0.25) is 9.78 Å². The van der Waals surface area contributed by atoms with Crippen LogP contribution in [0.4, 0.5) is 5.69 Å². The largest absolute Gasteiger partial charge is 0.326 e. The number of amides is 1. The van der Waals surface area contributed by atoms with E-state index in [1.165, 1.54) is 6.26 Å². The standard InChI is InChI=1S/C26H30ClN5O5S2/c1-38(34,35)14-2-11-31-22-6-3-18(27)15-21(22)29-24(31)17-32-23-16-28-10-7-20(23)26(25(32)33)8-12-30(13-9-26)39(36,37)19-4-5-19/h3,6-7,10,15-16,19H,2,4-5,8-9,11-14,17H2,1H3. The lowest BCUT2D eigenvalue weighted by Gasteiger charge is -2.37. The predicted molar refractivity (Wildman–Crippen MR) is 149 cm³/mol. The summed E-state index contributed by atoms with van der Waals surface area (Å²) in [4.78, 5) is 24.9. The molecular weight excluding hydrogens is 562 g/mol. The number of hydrogen-bond donors (Lipinski definition) is 0. The number of aryl methyl sites for hydroxylation is 1. The minimum atomic E-state index is -3.31. The summed E-state index contributed by atoms with van der Waals surface area (Å²) in [6, 6.07) is 7.24. The average molecular weight is 592 g/mol. The number of carbonyl (C=O) groups is 1. The van der Waals surface area contributed by atoms with Gasteiger partial charge in [0.15, 0.2) is 0 Å². The van der Waals surface area contributed by atoms with Crippen molar-refractivity contribution in [3.8, 4) is 0 Å². The maximum absolute atomic E-state index is 14.2. The maximum Gasteiger partial charge on any atom is 0.238 e. The number of piperidine rings is 1. The summed E-state index contributed by atoms with van der Waals surface area (Å²) in [7, 11) is -6.44. The smallest absolute Gasteiger partial charge is 0.238 e. The van der Waals surface area contributed by atoms with Crippen LogP contribution in [0.3, 0.4) is 0 Å². The van der Waals surface area contributed by atoms with Gasteiger partial charge in [-0.05, 0) is 61.9 Å². The Morgan fingerprint density at radius 3 is 2.54 bits per heavy atom. The van der Waals surface area contributed by atoms with Gasteiger partial charge in [-0.1, -0.05) is 11.6 Å². The van der Waals surface area contributed by atoms with Crippen LogP contribution >= 0.6 is 11.6 Å². The molecule has 1 aliphatic carbocycles. The number of rotatable bonds is 8. The fraction of sp³-hybridized carbons (Fsp3) is 0.500. The van der Waals surface area contributed by atoms with Crippen molar-refractivity contribution in [3.05, 3.63) is 53.1 Å². The molecule has 0 radical (unpaired) electrons. The Hall–Kier alpha value is -2.54. The number of sulfone groups is 1.